The minimum Gasteiger partial charge on any atom is -0.444 e. The molecular formula is C13H22N2O. The maximum absolute atomic E-state index is 5.81. The molecule has 1 aliphatic carbocycles. The van der Waals surface area contributed by atoms with E-state index in [0.717, 1.165) is 37.1 Å². The van der Waals surface area contributed by atoms with Gasteiger partial charge in [0.25, 0.3) is 0 Å². The van der Waals surface area contributed by atoms with Gasteiger partial charge in [-0.25, -0.2) is 4.98 Å². The van der Waals surface area contributed by atoms with Crippen LogP contribution in [0.4, 0.5) is 0 Å². The second-order valence-electron chi connectivity index (χ2n) is 4.85. The monoisotopic (exact) mass is 222 g/mol. The van der Waals surface area contributed by atoms with Crippen molar-refractivity contribution in [3.8, 4) is 0 Å². The zero-order valence-electron chi connectivity index (χ0n) is 10.3. The summed E-state index contributed by atoms with van der Waals surface area (Å²) in [5, 5.41) is 3.31. The highest BCUT2D eigenvalue weighted by Crippen LogP contribution is 2.39. The van der Waals surface area contributed by atoms with Crippen molar-refractivity contribution >= 4 is 0 Å². The quantitative estimate of drug-likeness (QED) is 0.778. The van der Waals surface area contributed by atoms with Crippen LogP contribution in [-0.2, 0) is 6.54 Å². The molecule has 2 rings (SSSR count). The van der Waals surface area contributed by atoms with E-state index in [0.29, 0.717) is 5.92 Å². The minimum absolute atomic E-state index is 0.604. The Hall–Kier alpha value is -0.830. The van der Waals surface area contributed by atoms with Gasteiger partial charge in [0.05, 0.1) is 12.7 Å². The molecule has 1 heterocycles. The number of nitrogens with zero attached hydrogens (tertiary/aromatic N) is 1. The molecule has 3 nitrogen and oxygen atoms in total. The van der Waals surface area contributed by atoms with Crippen molar-refractivity contribution in [2.75, 3.05) is 6.54 Å². The average Bonchev–Trinajstić information content (AvgIpc) is 2.87. The first-order chi connectivity index (χ1) is 7.81. The van der Waals surface area contributed by atoms with Crippen molar-refractivity contribution in [1.82, 2.24) is 10.3 Å². The van der Waals surface area contributed by atoms with Crippen LogP contribution >= 0.6 is 0 Å². The van der Waals surface area contributed by atoms with Crippen molar-refractivity contribution in [2.45, 2.75) is 52.0 Å². The van der Waals surface area contributed by atoms with Gasteiger partial charge < -0.3 is 9.73 Å². The first kappa shape index (κ1) is 11.6. The fraction of sp³-hybridized carbons (Fsp3) is 0.769. The van der Waals surface area contributed by atoms with E-state index >= 15 is 0 Å². The van der Waals surface area contributed by atoms with Gasteiger partial charge in [0.15, 0.2) is 0 Å². The van der Waals surface area contributed by atoms with Crippen molar-refractivity contribution < 1.29 is 4.42 Å². The lowest BCUT2D eigenvalue weighted by Gasteiger charge is -2.10. The summed E-state index contributed by atoms with van der Waals surface area (Å²) in [7, 11) is 0. The molecule has 1 fully saturated rings. The molecule has 0 radical (unpaired) electrons. The lowest BCUT2D eigenvalue weighted by atomic mass is 9.96. The first-order valence-corrected chi connectivity index (χ1v) is 6.46. The van der Waals surface area contributed by atoms with Crippen LogP contribution in [0.25, 0.3) is 0 Å². The van der Waals surface area contributed by atoms with Crippen LogP contribution in [0.5, 0.6) is 0 Å². The van der Waals surface area contributed by atoms with Crippen molar-refractivity contribution in [3.05, 3.63) is 17.8 Å². The summed E-state index contributed by atoms with van der Waals surface area (Å²) in [6, 6.07) is 0. The van der Waals surface area contributed by atoms with E-state index in [4.69, 9.17) is 4.42 Å². The Kier molecular flexibility index (Phi) is 3.99. The number of hydrogen-bond acceptors (Lipinski definition) is 3. The highest BCUT2D eigenvalue weighted by molar-refractivity contribution is 5.05. The fourth-order valence-electron chi connectivity index (χ4n) is 2.52. The summed E-state index contributed by atoms with van der Waals surface area (Å²) in [6.45, 7) is 6.26. The largest absolute Gasteiger partial charge is 0.444 e. The van der Waals surface area contributed by atoms with Gasteiger partial charge in [0, 0.05) is 5.92 Å². The van der Waals surface area contributed by atoms with Crippen LogP contribution in [-0.4, -0.2) is 11.5 Å². The molecule has 1 aromatic heterocycles. The number of hydrogen-bond donors (Lipinski definition) is 1. The van der Waals surface area contributed by atoms with E-state index in [1.54, 1.807) is 0 Å². The van der Waals surface area contributed by atoms with Gasteiger partial charge in [0.1, 0.15) is 5.76 Å². The van der Waals surface area contributed by atoms with E-state index in [9.17, 15) is 0 Å². The average molecular weight is 222 g/mol. The Labute approximate surface area is 97.6 Å². The van der Waals surface area contributed by atoms with Gasteiger partial charge in [-0.2, -0.15) is 0 Å². The maximum Gasteiger partial charge on any atom is 0.208 e. The molecule has 0 aromatic carbocycles. The van der Waals surface area contributed by atoms with Gasteiger partial charge in [-0.1, -0.05) is 20.3 Å². The zero-order chi connectivity index (χ0) is 11.4. The summed E-state index contributed by atoms with van der Waals surface area (Å²) in [5.74, 6) is 3.29. The molecule has 1 saturated carbocycles. The Bertz CT molecular complexity index is 321. The molecule has 1 aliphatic rings. The Morgan fingerprint density at radius 1 is 1.50 bits per heavy atom. The molecule has 0 spiro atoms. The second-order valence-corrected chi connectivity index (χ2v) is 4.85. The maximum atomic E-state index is 5.81. The molecule has 2 unspecified atom stereocenters. The first-order valence-electron chi connectivity index (χ1n) is 6.46. The molecule has 1 aromatic rings. The van der Waals surface area contributed by atoms with Crippen LogP contribution in [0.15, 0.2) is 10.6 Å². The minimum atomic E-state index is 0.604. The molecule has 16 heavy (non-hydrogen) atoms. The van der Waals surface area contributed by atoms with Crippen LogP contribution in [0, 0.1) is 5.92 Å². The standard InChI is InChI=1S/C13H22N2O/c1-3-7-14-9-13-15-8-12(16-13)11-6-4-5-10(11)2/h8,10-11,14H,3-7,9H2,1-2H3. The third-order valence-corrected chi connectivity index (χ3v) is 3.50. The van der Waals surface area contributed by atoms with Crippen molar-refractivity contribution in [2.24, 2.45) is 5.92 Å². The summed E-state index contributed by atoms with van der Waals surface area (Å²) in [5.41, 5.74) is 0. The van der Waals surface area contributed by atoms with Crippen LogP contribution in [0.2, 0.25) is 0 Å². The fourth-order valence-corrected chi connectivity index (χ4v) is 2.52. The summed E-state index contributed by atoms with van der Waals surface area (Å²) >= 11 is 0. The van der Waals surface area contributed by atoms with Gasteiger partial charge >= 0.3 is 0 Å². The number of oxazole rings is 1. The topological polar surface area (TPSA) is 38.1 Å². The molecule has 0 aliphatic heterocycles. The Balaban J connectivity index is 1.91. The van der Waals surface area contributed by atoms with Crippen molar-refractivity contribution in [1.29, 1.82) is 0 Å². The van der Waals surface area contributed by atoms with Gasteiger partial charge in [-0.05, 0) is 31.7 Å². The summed E-state index contributed by atoms with van der Waals surface area (Å²) in [4.78, 5) is 4.34. The van der Waals surface area contributed by atoms with Crippen LogP contribution in [0.3, 0.4) is 0 Å². The predicted octanol–water partition coefficient (Wildman–Crippen LogP) is 3.08. The van der Waals surface area contributed by atoms with Gasteiger partial charge in [-0.15, -0.1) is 0 Å². The van der Waals surface area contributed by atoms with Crippen LogP contribution in [0.1, 0.15) is 57.1 Å². The van der Waals surface area contributed by atoms with E-state index in [1.165, 1.54) is 19.3 Å². The zero-order valence-corrected chi connectivity index (χ0v) is 10.3. The summed E-state index contributed by atoms with van der Waals surface area (Å²) < 4.78 is 5.81. The third kappa shape index (κ3) is 2.64. The SMILES string of the molecule is CCCNCc1ncc(C2CCCC2C)o1. The summed E-state index contributed by atoms with van der Waals surface area (Å²) in [6.07, 6.45) is 6.99. The van der Waals surface area contributed by atoms with Crippen LogP contribution < -0.4 is 5.32 Å². The lowest BCUT2D eigenvalue weighted by Crippen LogP contribution is -2.13. The highest BCUT2D eigenvalue weighted by atomic mass is 16.4. The molecule has 1 N–H and O–H groups in total. The lowest BCUT2D eigenvalue weighted by molar-refractivity contribution is 0.381. The Morgan fingerprint density at radius 3 is 3.06 bits per heavy atom. The second kappa shape index (κ2) is 5.48. The van der Waals surface area contributed by atoms with E-state index in [1.807, 2.05) is 6.20 Å². The van der Waals surface area contributed by atoms with E-state index in [-0.39, 0.29) is 0 Å². The smallest absolute Gasteiger partial charge is 0.208 e. The highest BCUT2D eigenvalue weighted by Gasteiger charge is 2.27. The van der Waals surface area contributed by atoms with Gasteiger partial charge in [-0.3, -0.25) is 0 Å². The number of rotatable bonds is 5. The molecular weight excluding hydrogens is 200 g/mol. The number of nitrogens with one attached hydrogen (secondary N) is 1. The predicted molar refractivity (Wildman–Crippen MR) is 64.3 cm³/mol. The third-order valence-electron chi connectivity index (χ3n) is 3.50. The molecule has 0 bridgehead atoms. The molecule has 2 atom stereocenters. The normalized spacial score (nSPS) is 25.1. The van der Waals surface area contributed by atoms with Crippen molar-refractivity contribution in [3.63, 3.8) is 0 Å². The van der Waals surface area contributed by atoms with Gasteiger partial charge in [0.2, 0.25) is 5.89 Å². The molecule has 3 heteroatoms. The van der Waals surface area contributed by atoms with E-state index < -0.39 is 0 Å². The molecule has 90 valence electrons. The molecule has 0 amide bonds. The van der Waals surface area contributed by atoms with E-state index in [2.05, 4.69) is 24.1 Å². The number of aromatic nitrogens is 1. The molecule has 0 saturated heterocycles. The Morgan fingerprint density at radius 2 is 2.38 bits per heavy atom.